The van der Waals surface area contributed by atoms with Gasteiger partial charge >= 0.3 is 0 Å². The molecule has 0 radical (unpaired) electrons. The highest BCUT2D eigenvalue weighted by atomic mass is 32.1. The molecule has 35 heavy (non-hydrogen) atoms. The van der Waals surface area contributed by atoms with Gasteiger partial charge in [0.2, 0.25) is 0 Å². The van der Waals surface area contributed by atoms with E-state index in [1.807, 2.05) is 74.4 Å². The van der Waals surface area contributed by atoms with Gasteiger partial charge in [-0.15, -0.1) is 11.3 Å². The highest BCUT2D eigenvalue weighted by molar-refractivity contribution is 7.16. The number of benzene rings is 2. The van der Waals surface area contributed by atoms with Gasteiger partial charge in [0, 0.05) is 13.1 Å². The van der Waals surface area contributed by atoms with Crippen LogP contribution >= 0.6 is 11.3 Å². The molecule has 8 nitrogen and oxygen atoms in total. The number of amides is 2. The SMILES string of the molecule is COc1ccc(CN(C)C)cc1NC(=O)c1ccc(C(=O)Nc2cc(CN(C)C)ccc2OC)s1. The van der Waals surface area contributed by atoms with Crippen molar-refractivity contribution in [2.75, 3.05) is 53.0 Å². The number of nitrogens with zero attached hydrogens (tertiary/aromatic N) is 2. The van der Waals surface area contributed by atoms with E-state index in [4.69, 9.17) is 9.47 Å². The second-order valence-corrected chi connectivity index (χ2v) is 9.70. The van der Waals surface area contributed by atoms with Gasteiger partial charge in [-0.05, 0) is 75.7 Å². The maximum Gasteiger partial charge on any atom is 0.265 e. The summed E-state index contributed by atoms with van der Waals surface area (Å²) < 4.78 is 10.8. The Morgan fingerprint density at radius 3 is 1.46 bits per heavy atom. The average molecular weight is 497 g/mol. The van der Waals surface area contributed by atoms with E-state index in [1.54, 1.807) is 26.4 Å². The van der Waals surface area contributed by atoms with E-state index in [1.165, 1.54) is 0 Å². The van der Waals surface area contributed by atoms with E-state index in [2.05, 4.69) is 10.6 Å². The van der Waals surface area contributed by atoms with E-state index in [-0.39, 0.29) is 11.8 Å². The molecule has 2 amide bonds. The van der Waals surface area contributed by atoms with Crippen molar-refractivity contribution in [1.29, 1.82) is 0 Å². The summed E-state index contributed by atoms with van der Waals surface area (Å²) in [4.78, 5) is 30.8. The number of methoxy groups -OCH3 is 2. The zero-order valence-electron chi connectivity index (χ0n) is 21.0. The van der Waals surface area contributed by atoms with Crippen molar-refractivity contribution in [2.45, 2.75) is 13.1 Å². The van der Waals surface area contributed by atoms with E-state index in [0.717, 1.165) is 35.6 Å². The van der Waals surface area contributed by atoms with Crippen LogP contribution in [-0.4, -0.2) is 64.0 Å². The van der Waals surface area contributed by atoms with Gasteiger partial charge in [0.15, 0.2) is 0 Å². The number of hydrogen-bond acceptors (Lipinski definition) is 7. The molecule has 3 aromatic rings. The zero-order chi connectivity index (χ0) is 25.5. The molecule has 3 rings (SSSR count). The lowest BCUT2D eigenvalue weighted by Gasteiger charge is -2.14. The van der Waals surface area contributed by atoms with Crippen molar-refractivity contribution >= 4 is 34.5 Å². The fourth-order valence-corrected chi connectivity index (χ4v) is 4.38. The molecule has 0 aliphatic carbocycles. The molecule has 1 aromatic heterocycles. The van der Waals surface area contributed by atoms with Gasteiger partial charge in [0.25, 0.3) is 11.8 Å². The summed E-state index contributed by atoms with van der Waals surface area (Å²) >= 11 is 1.12. The minimum absolute atomic E-state index is 0.306. The van der Waals surface area contributed by atoms with Gasteiger partial charge in [-0.25, -0.2) is 0 Å². The number of carbonyl (C=O) groups excluding carboxylic acids is 2. The second-order valence-electron chi connectivity index (χ2n) is 8.62. The molecule has 0 fully saturated rings. The molecular formula is C26H32N4O4S. The van der Waals surface area contributed by atoms with Crippen molar-refractivity contribution in [1.82, 2.24) is 9.80 Å². The van der Waals surface area contributed by atoms with Crippen LogP contribution in [0.4, 0.5) is 11.4 Å². The molecule has 0 atom stereocenters. The predicted molar refractivity (Wildman–Crippen MR) is 141 cm³/mol. The summed E-state index contributed by atoms with van der Waals surface area (Å²) in [6.07, 6.45) is 0. The first-order valence-corrected chi connectivity index (χ1v) is 11.9. The van der Waals surface area contributed by atoms with E-state index in [9.17, 15) is 9.59 Å². The monoisotopic (exact) mass is 496 g/mol. The predicted octanol–water partition coefficient (Wildman–Crippen LogP) is 4.39. The van der Waals surface area contributed by atoms with Crippen molar-refractivity contribution in [3.05, 3.63) is 69.4 Å². The van der Waals surface area contributed by atoms with Crippen molar-refractivity contribution in [2.24, 2.45) is 0 Å². The number of hydrogen-bond donors (Lipinski definition) is 2. The highest BCUT2D eigenvalue weighted by Crippen LogP contribution is 2.29. The normalized spacial score (nSPS) is 11.0. The minimum Gasteiger partial charge on any atom is -0.495 e. The molecule has 0 aliphatic heterocycles. The Kier molecular flexibility index (Phi) is 8.86. The maximum atomic E-state index is 12.9. The summed E-state index contributed by atoms with van der Waals surface area (Å²) in [7, 11) is 11.0. The fraction of sp³-hybridized carbons (Fsp3) is 0.308. The number of rotatable bonds is 10. The van der Waals surface area contributed by atoms with E-state index < -0.39 is 0 Å². The van der Waals surface area contributed by atoms with Crippen LogP contribution in [0.1, 0.15) is 30.5 Å². The zero-order valence-corrected chi connectivity index (χ0v) is 21.8. The minimum atomic E-state index is -0.306. The molecule has 0 aliphatic rings. The summed E-state index contributed by atoms with van der Waals surface area (Å²) in [5.74, 6) is 0.528. The highest BCUT2D eigenvalue weighted by Gasteiger charge is 2.17. The van der Waals surface area contributed by atoms with Crippen molar-refractivity contribution in [3.8, 4) is 11.5 Å². The van der Waals surface area contributed by atoms with Gasteiger partial charge in [0.1, 0.15) is 11.5 Å². The van der Waals surface area contributed by atoms with Crippen LogP contribution in [0.5, 0.6) is 11.5 Å². The van der Waals surface area contributed by atoms with Crippen LogP contribution in [0.2, 0.25) is 0 Å². The molecule has 186 valence electrons. The maximum absolute atomic E-state index is 12.9. The topological polar surface area (TPSA) is 83.1 Å². The first-order chi connectivity index (χ1) is 16.7. The van der Waals surface area contributed by atoms with Crippen LogP contribution in [0, 0.1) is 0 Å². The van der Waals surface area contributed by atoms with Crippen LogP contribution in [-0.2, 0) is 13.1 Å². The molecule has 0 saturated carbocycles. The molecule has 0 saturated heterocycles. The van der Waals surface area contributed by atoms with E-state index >= 15 is 0 Å². The molecule has 0 spiro atoms. The Hall–Kier alpha value is -3.40. The van der Waals surface area contributed by atoms with Crippen molar-refractivity contribution < 1.29 is 19.1 Å². The number of ether oxygens (including phenoxy) is 2. The molecule has 2 aromatic carbocycles. The van der Waals surface area contributed by atoms with Crippen LogP contribution in [0.15, 0.2) is 48.5 Å². The third-order valence-electron chi connectivity index (χ3n) is 5.08. The Balaban J connectivity index is 1.75. The van der Waals surface area contributed by atoms with Gasteiger partial charge in [-0.2, -0.15) is 0 Å². The Morgan fingerprint density at radius 2 is 1.11 bits per heavy atom. The molecule has 0 unspecified atom stereocenters. The number of thiophene rings is 1. The molecule has 9 heteroatoms. The third kappa shape index (κ3) is 7.05. The third-order valence-corrected chi connectivity index (χ3v) is 6.16. The lowest BCUT2D eigenvalue weighted by molar-refractivity contribution is 0.102. The lowest BCUT2D eigenvalue weighted by Crippen LogP contribution is -2.14. The number of carbonyl (C=O) groups is 2. The van der Waals surface area contributed by atoms with Gasteiger partial charge in [-0.1, -0.05) is 12.1 Å². The van der Waals surface area contributed by atoms with Crippen LogP contribution in [0.25, 0.3) is 0 Å². The van der Waals surface area contributed by atoms with Gasteiger partial charge < -0.3 is 29.9 Å². The summed E-state index contributed by atoms with van der Waals surface area (Å²) in [5, 5.41) is 5.82. The number of anilines is 2. The molecule has 2 N–H and O–H groups in total. The molecule has 1 heterocycles. The van der Waals surface area contributed by atoms with Gasteiger partial charge in [-0.3, -0.25) is 9.59 Å². The van der Waals surface area contributed by atoms with E-state index in [0.29, 0.717) is 32.6 Å². The Morgan fingerprint density at radius 1 is 0.714 bits per heavy atom. The van der Waals surface area contributed by atoms with Gasteiger partial charge in [0.05, 0.1) is 35.3 Å². The quantitative estimate of drug-likeness (QED) is 0.433. The van der Waals surface area contributed by atoms with Crippen LogP contribution in [0.3, 0.4) is 0 Å². The lowest BCUT2D eigenvalue weighted by atomic mass is 10.1. The number of nitrogens with one attached hydrogen (secondary N) is 2. The fourth-order valence-electron chi connectivity index (χ4n) is 3.58. The van der Waals surface area contributed by atoms with Crippen molar-refractivity contribution in [3.63, 3.8) is 0 Å². The first kappa shape index (κ1) is 26.2. The summed E-state index contributed by atoms with van der Waals surface area (Å²) in [5.41, 5.74) is 3.25. The largest absolute Gasteiger partial charge is 0.495 e. The average Bonchev–Trinajstić information content (AvgIpc) is 3.29. The molecular weight excluding hydrogens is 464 g/mol. The Bertz CT molecular complexity index is 1100. The first-order valence-electron chi connectivity index (χ1n) is 11.1. The smallest absolute Gasteiger partial charge is 0.265 e. The second kappa shape index (κ2) is 11.8. The summed E-state index contributed by atoms with van der Waals surface area (Å²) in [6, 6.07) is 14.7. The summed E-state index contributed by atoms with van der Waals surface area (Å²) in [6.45, 7) is 1.46. The Labute approximate surface area is 210 Å². The molecule has 0 bridgehead atoms. The standard InChI is InChI=1S/C26H32N4O4S/c1-29(2)15-17-7-9-21(33-5)19(13-17)27-25(31)23-11-12-24(35-23)26(32)28-20-14-18(16-30(3)4)8-10-22(20)34-6/h7-14H,15-16H2,1-6H3,(H,27,31)(H,28,32). The van der Waals surface area contributed by atoms with Crippen LogP contribution < -0.4 is 20.1 Å².